The number of alkyl halides is 1. The number of halogens is 1. The highest BCUT2D eigenvalue weighted by Gasteiger charge is 2.19. The van der Waals surface area contributed by atoms with Crippen LogP contribution in [0.2, 0.25) is 0 Å². The molecule has 33 heavy (non-hydrogen) atoms. The summed E-state index contributed by atoms with van der Waals surface area (Å²) in [4.78, 5) is 17.6. The second-order valence-corrected chi connectivity index (χ2v) is 9.40. The minimum atomic E-state index is -0.145. The van der Waals surface area contributed by atoms with Crippen molar-refractivity contribution in [2.45, 2.75) is 11.9 Å². The minimum absolute atomic E-state index is 0.0829. The number of fused-ring (bicyclic) bond motifs is 1. The molecule has 1 amide bonds. The molecule has 0 spiro atoms. The largest absolute Gasteiger partial charge is 0.495 e. The molecule has 4 rings (SSSR count). The lowest BCUT2D eigenvalue weighted by atomic mass is 10.1. The molecule has 1 aliphatic heterocycles. The van der Waals surface area contributed by atoms with Crippen molar-refractivity contribution in [1.82, 2.24) is 10.2 Å². The topological polar surface area (TPSA) is 54.0 Å². The maximum atomic E-state index is 12.9. The highest BCUT2D eigenvalue weighted by atomic mass is 79.9. The molecule has 0 aromatic heterocycles. The van der Waals surface area contributed by atoms with Crippen molar-refractivity contribution in [3.63, 3.8) is 0 Å². The number of anilines is 1. The lowest BCUT2D eigenvalue weighted by Crippen LogP contribution is -2.48. The average Bonchev–Trinajstić information content (AvgIpc) is 2.84. The van der Waals surface area contributed by atoms with Gasteiger partial charge in [0.25, 0.3) is 5.91 Å². The van der Waals surface area contributed by atoms with E-state index in [9.17, 15) is 4.79 Å². The van der Waals surface area contributed by atoms with E-state index in [4.69, 9.17) is 9.47 Å². The summed E-state index contributed by atoms with van der Waals surface area (Å²) >= 11 is 3.43. The first-order valence-corrected chi connectivity index (χ1v) is 12.2. The zero-order chi connectivity index (χ0) is 23.2. The Bertz CT molecular complexity index is 1100. The first-order chi connectivity index (χ1) is 16.0. The summed E-state index contributed by atoms with van der Waals surface area (Å²) in [5, 5.41) is 4.91. The molecule has 1 fully saturated rings. The number of carbonyl (C=O) groups excluding carboxylic acids is 1. The van der Waals surface area contributed by atoms with Crippen LogP contribution in [0.3, 0.4) is 0 Å². The van der Waals surface area contributed by atoms with Gasteiger partial charge in [0.15, 0.2) is 5.01 Å². The van der Waals surface area contributed by atoms with Gasteiger partial charge in [0.2, 0.25) is 0 Å². The average molecular weight is 512 g/mol. The van der Waals surface area contributed by atoms with Gasteiger partial charge in [-0.2, -0.15) is 0 Å². The Labute approximate surface area is 203 Å². The summed E-state index contributed by atoms with van der Waals surface area (Å²) in [7, 11) is 1.71. The maximum Gasteiger partial charge on any atom is 0.251 e. The van der Waals surface area contributed by atoms with E-state index in [1.54, 1.807) is 7.11 Å². The molecule has 0 bridgehead atoms. The van der Waals surface area contributed by atoms with Crippen molar-refractivity contribution in [3.05, 3.63) is 66.2 Å². The SMILES string of the molecule is COc1ccccc1N1CCN(CCNC(=O)c2cc(OC(C)Br)c3ccccc3c2)CC1. The van der Waals surface area contributed by atoms with Crippen molar-refractivity contribution in [2.75, 3.05) is 51.3 Å². The number of carbonyl (C=O) groups is 1. The Morgan fingerprint density at radius 3 is 2.52 bits per heavy atom. The lowest BCUT2D eigenvalue weighted by Gasteiger charge is -2.36. The van der Waals surface area contributed by atoms with Crippen LogP contribution in [0.15, 0.2) is 60.7 Å². The number of para-hydroxylation sites is 2. The number of hydrogen-bond donors (Lipinski definition) is 1. The van der Waals surface area contributed by atoms with Crippen molar-refractivity contribution in [2.24, 2.45) is 0 Å². The van der Waals surface area contributed by atoms with E-state index in [1.807, 2.05) is 61.5 Å². The summed E-state index contributed by atoms with van der Waals surface area (Å²) in [6.45, 7) is 7.10. The molecule has 0 radical (unpaired) electrons. The van der Waals surface area contributed by atoms with E-state index >= 15 is 0 Å². The molecule has 6 nitrogen and oxygen atoms in total. The van der Waals surface area contributed by atoms with Gasteiger partial charge < -0.3 is 19.7 Å². The highest BCUT2D eigenvalue weighted by molar-refractivity contribution is 9.09. The van der Waals surface area contributed by atoms with E-state index < -0.39 is 0 Å². The smallest absolute Gasteiger partial charge is 0.251 e. The van der Waals surface area contributed by atoms with Crippen molar-refractivity contribution in [1.29, 1.82) is 0 Å². The number of nitrogens with zero attached hydrogens (tertiary/aromatic N) is 2. The van der Waals surface area contributed by atoms with Gasteiger partial charge >= 0.3 is 0 Å². The van der Waals surface area contributed by atoms with E-state index in [0.717, 1.165) is 54.9 Å². The summed E-state index contributed by atoms with van der Waals surface area (Å²) in [6, 6.07) is 19.8. The van der Waals surface area contributed by atoms with Crippen molar-refractivity contribution < 1.29 is 14.3 Å². The van der Waals surface area contributed by atoms with Crippen LogP contribution in [0.5, 0.6) is 11.5 Å². The van der Waals surface area contributed by atoms with E-state index in [2.05, 4.69) is 37.1 Å². The molecule has 1 unspecified atom stereocenters. The highest BCUT2D eigenvalue weighted by Crippen LogP contribution is 2.30. The van der Waals surface area contributed by atoms with Gasteiger partial charge in [-0.15, -0.1) is 0 Å². The van der Waals surface area contributed by atoms with E-state index in [0.29, 0.717) is 17.9 Å². The Morgan fingerprint density at radius 1 is 1.03 bits per heavy atom. The third-order valence-electron chi connectivity index (χ3n) is 5.89. The van der Waals surface area contributed by atoms with Crippen LogP contribution >= 0.6 is 15.9 Å². The van der Waals surface area contributed by atoms with Crippen molar-refractivity contribution in [3.8, 4) is 11.5 Å². The molecule has 1 heterocycles. The minimum Gasteiger partial charge on any atom is -0.495 e. The van der Waals surface area contributed by atoms with Crippen LogP contribution < -0.4 is 19.7 Å². The molecule has 174 valence electrons. The summed E-state index contributed by atoms with van der Waals surface area (Å²) in [5.41, 5.74) is 1.75. The Kier molecular flexibility index (Phi) is 7.73. The number of ether oxygens (including phenoxy) is 2. The number of benzene rings is 3. The molecule has 1 atom stereocenters. The number of hydrogen-bond acceptors (Lipinski definition) is 5. The van der Waals surface area contributed by atoms with Crippen LogP contribution in [0.25, 0.3) is 10.8 Å². The van der Waals surface area contributed by atoms with Gasteiger partial charge in [0, 0.05) is 50.2 Å². The zero-order valence-electron chi connectivity index (χ0n) is 19.1. The lowest BCUT2D eigenvalue weighted by molar-refractivity contribution is 0.0947. The molecule has 0 aliphatic carbocycles. The fraction of sp³-hybridized carbons (Fsp3) is 0.346. The van der Waals surface area contributed by atoms with Gasteiger partial charge in [-0.25, -0.2) is 0 Å². The second-order valence-electron chi connectivity index (χ2n) is 8.11. The summed E-state index contributed by atoms with van der Waals surface area (Å²) in [6.07, 6.45) is 0. The van der Waals surface area contributed by atoms with Gasteiger partial charge in [-0.1, -0.05) is 36.4 Å². The molecule has 3 aromatic carbocycles. The molecule has 1 saturated heterocycles. The number of amides is 1. The van der Waals surface area contributed by atoms with Crippen LogP contribution in [-0.2, 0) is 0 Å². The van der Waals surface area contributed by atoms with E-state index in [1.165, 1.54) is 0 Å². The molecule has 3 aromatic rings. The van der Waals surface area contributed by atoms with Crippen LogP contribution in [-0.4, -0.2) is 62.2 Å². The van der Waals surface area contributed by atoms with Crippen LogP contribution in [0.1, 0.15) is 17.3 Å². The van der Waals surface area contributed by atoms with Gasteiger partial charge in [0.1, 0.15) is 11.5 Å². The molecule has 1 aliphatic rings. The predicted molar refractivity (Wildman–Crippen MR) is 137 cm³/mol. The Hall–Kier alpha value is -2.77. The summed E-state index contributed by atoms with van der Waals surface area (Å²) in [5.74, 6) is 1.53. The second kappa shape index (κ2) is 10.9. The van der Waals surface area contributed by atoms with Crippen LogP contribution in [0, 0.1) is 0 Å². The molecule has 1 N–H and O–H groups in total. The van der Waals surface area contributed by atoms with Gasteiger partial charge in [-0.05, 0) is 52.5 Å². The predicted octanol–water partition coefficient (Wildman–Crippen LogP) is 4.52. The summed E-state index contributed by atoms with van der Waals surface area (Å²) < 4.78 is 11.4. The fourth-order valence-corrected chi connectivity index (χ4v) is 4.41. The maximum absolute atomic E-state index is 12.9. The monoisotopic (exact) mass is 511 g/mol. The van der Waals surface area contributed by atoms with E-state index in [-0.39, 0.29) is 10.9 Å². The van der Waals surface area contributed by atoms with Gasteiger partial charge in [-0.3, -0.25) is 9.69 Å². The first kappa shape index (κ1) is 23.4. The number of piperazine rings is 1. The standard InChI is InChI=1S/C26H30BrN3O3/c1-19(27)33-25-18-21(17-20-7-3-4-8-22(20)25)26(31)28-11-12-29-13-15-30(16-14-29)23-9-5-6-10-24(23)32-2/h3-10,17-19H,11-16H2,1-2H3,(H,28,31). The van der Waals surface area contributed by atoms with Crippen molar-refractivity contribution >= 4 is 38.3 Å². The van der Waals surface area contributed by atoms with Crippen LogP contribution in [0.4, 0.5) is 5.69 Å². The normalized spacial score (nSPS) is 15.3. The first-order valence-electron chi connectivity index (χ1n) is 11.3. The molecule has 7 heteroatoms. The fourth-order valence-electron chi connectivity index (χ4n) is 4.21. The third kappa shape index (κ3) is 5.78. The quantitative estimate of drug-likeness (QED) is 0.450. The third-order valence-corrected chi connectivity index (χ3v) is 6.07. The number of methoxy groups -OCH3 is 1. The number of rotatable bonds is 8. The Morgan fingerprint density at radius 2 is 1.76 bits per heavy atom. The Balaban J connectivity index is 1.31. The number of nitrogens with one attached hydrogen (secondary N) is 1. The molecular formula is C26H30BrN3O3. The van der Waals surface area contributed by atoms with Gasteiger partial charge in [0.05, 0.1) is 12.8 Å². The zero-order valence-corrected chi connectivity index (χ0v) is 20.7. The molecular weight excluding hydrogens is 482 g/mol. The molecule has 0 saturated carbocycles.